The van der Waals surface area contributed by atoms with Crippen LogP contribution >= 0.6 is 12.6 Å². The molecule has 2 aromatic rings. The van der Waals surface area contributed by atoms with Gasteiger partial charge in [-0.15, -0.1) is 0 Å². The van der Waals surface area contributed by atoms with Crippen molar-refractivity contribution in [3.63, 3.8) is 0 Å². The highest BCUT2D eigenvalue weighted by Crippen LogP contribution is 2.10. The van der Waals surface area contributed by atoms with Crippen molar-refractivity contribution in [2.24, 2.45) is 0 Å². The topological polar surface area (TPSA) is 63.1 Å². The molecule has 0 bridgehead atoms. The third-order valence-corrected chi connectivity index (χ3v) is 2.31. The van der Waals surface area contributed by atoms with Crippen LogP contribution in [0, 0.1) is 0 Å². The molecule has 0 saturated heterocycles. The van der Waals surface area contributed by atoms with E-state index in [1.165, 1.54) is 0 Å². The van der Waals surface area contributed by atoms with Gasteiger partial charge in [0.2, 0.25) is 0 Å². The molecule has 4 nitrogen and oxygen atoms in total. The molecule has 0 aliphatic carbocycles. The molecule has 82 valence electrons. The molecule has 16 heavy (non-hydrogen) atoms. The van der Waals surface area contributed by atoms with Crippen LogP contribution in [-0.4, -0.2) is 10.7 Å². The third-order valence-electron chi connectivity index (χ3n) is 2.10. The molecular weight excluding hydrogens is 226 g/mol. The van der Waals surface area contributed by atoms with E-state index in [0.29, 0.717) is 16.7 Å². The number of fused-ring (bicyclic) bond motifs is 1. The summed E-state index contributed by atoms with van der Waals surface area (Å²) in [6.45, 7) is 0. The lowest BCUT2D eigenvalue weighted by Gasteiger charge is -1.97. The highest BCUT2D eigenvalue weighted by Gasteiger charge is 2.02. The SMILES string of the molecule is O=c1[nH]c2ccc(C=CCS)cc2c(=O)o1. The van der Waals surface area contributed by atoms with Crippen molar-refractivity contribution in [1.29, 1.82) is 0 Å². The van der Waals surface area contributed by atoms with Gasteiger partial charge in [-0.1, -0.05) is 18.2 Å². The number of H-pyrrole nitrogens is 1. The third kappa shape index (κ3) is 2.09. The molecule has 0 saturated carbocycles. The Balaban J connectivity index is 2.67. The molecule has 0 amide bonds. The molecule has 0 fully saturated rings. The smallest absolute Gasteiger partial charge is 0.372 e. The van der Waals surface area contributed by atoms with E-state index < -0.39 is 11.4 Å². The summed E-state index contributed by atoms with van der Waals surface area (Å²) < 4.78 is 4.44. The number of aromatic amines is 1. The van der Waals surface area contributed by atoms with Crippen LogP contribution in [0.2, 0.25) is 0 Å². The van der Waals surface area contributed by atoms with E-state index in [1.54, 1.807) is 18.2 Å². The van der Waals surface area contributed by atoms with Gasteiger partial charge in [0.1, 0.15) is 0 Å². The van der Waals surface area contributed by atoms with E-state index in [-0.39, 0.29) is 0 Å². The molecule has 0 aliphatic heterocycles. The van der Waals surface area contributed by atoms with Crippen molar-refractivity contribution in [2.45, 2.75) is 0 Å². The Morgan fingerprint density at radius 2 is 2.19 bits per heavy atom. The summed E-state index contributed by atoms with van der Waals surface area (Å²) in [4.78, 5) is 24.8. The standard InChI is InChI=1S/C11H9NO3S/c13-10-8-6-7(2-1-5-16)3-4-9(8)12-11(14)15-10/h1-4,6,16H,5H2,(H,12,14). The van der Waals surface area contributed by atoms with Crippen molar-refractivity contribution in [2.75, 3.05) is 5.75 Å². The molecule has 2 rings (SSSR count). The zero-order valence-electron chi connectivity index (χ0n) is 8.27. The number of nitrogens with one attached hydrogen (secondary N) is 1. The first-order valence-corrected chi connectivity index (χ1v) is 5.28. The van der Waals surface area contributed by atoms with E-state index >= 15 is 0 Å². The zero-order valence-corrected chi connectivity index (χ0v) is 9.16. The molecule has 1 N–H and O–H groups in total. The lowest BCUT2D eigenvalue weighted by molar-refractivity contribution is 0.460. The largest absolute Gasteiger partial charge is 0.419 e. The van der Waals surface area contributed by atoms with Gasteiger partial charge in [0, 0.05) is 5.75 Å². The van der Waals surface area contributed by atoms with Gasteiger partial charge >= 0.3 is 11.4 Å². The Labute approximate surface area is 96.0 Å². The van der Waals surface area contributed by atoms with Gasteiger partial charge in [0.15, 0.2) is 0 Å². The monoisotopic (exact) mass is 235 g/mol. The summed E-state index contributed by atoms with van der Waals surface area (Å²) in [5.41, 5.74) is 0.713. The average Bonchev–Trinajstić information content (AvgIpc) is 2.26. The number of rotatable bonds is 2. The summed E-state index contributed by atoms with van der Waals surface area (Å²) in [5, 5.41) is 0.362. The molecule has 5 heteroatoms. The van der Waals surface area contributed by atoms with Gasteiger partial charge in [-0.25, -0.2) is 9.59 Å². The maximum absolute atomic E-state index is 11.4. The second-order valence-electron chi connectivity index (χ2n) is 3.19. The average molecular weight is 235 g/mol. The summed E-state index contributed by atoms with van der Waals surface area (Å²) in [7, 11) is 0. The van der Waals surface area contributed by atoms with Gasteiger partial charge in [-0.05, 0) is 17.7 Å². The van der Waals surface area contributed by atoms with Crippen molar-refractivity contribution >= 4 is 29.6 Å². The van der Waals surface area contributed by atoms with E-state index in [4.69, 9.17) is 0 Å². The second kappa shape index (κ2) is 4.40. The lowest BCUT2D eigenvalue weighted by Crippen LogP contribution is -2.14. The van der Waals surface area contributed by atoms with Crippen LogP contribution in [0.3, 0.4) is 0 Å². The van der Waals surface area contributed by atoms with Crippen LogP contribution in [0.25, 0.3) is 17.0 Å². The normalized spacial score (nSPS) is 11.3. The lowest BCUT2D eigenvalue weighted by atomic mass is 10.1. The fourth-order valence-corrected chi connectivity index (χ4v) is 1.51. The summed E-state index contributed by atoms with van der Waals surface area (Å²) in [6.07, 6.45) is 3.70. The van der Waals surface area contributed by atoms with Crippen molar-refractivity contribution in [3.8, 4) is 0 Å². The molecule has 0 atom stereocenters. The van der Waals surface area contributed by atoms with Crippen molar-refractivity contribution in [1.82, 2.24) is 4.98 Å². The fourth-order valence-electron chi connectivity index (χ4n) is 1.41. The fraction of sp³-hybridized carbons (Fsp3) is 0.0909. The van der Waals surface area contributed by atoms with Crippen molar-refractivity contribution < 1.29 is 4.42 Å². The maximum Gasteiger partial charge on any atom is 0.419 e. The van der Waals surface area contributed by atoms with Gasteiger partial charge in [-0.2, -0.15) is 12.6 Å². The summed E-state index contributed by atoms with van der Waals surface area (Å²) >= 11 is 4.04. The van der Waals surface area contributed by atoms with Crippen LogP contribution in [0.1, 0.15) is 5.56 Å². The number of hydrogen-bond donors (Lipinski definition) is 2. The molecular formula is C11H9NO3S. The van der Waals surface area contributed by atoms with Crippen LogP contribution in [0.15, 0.2) is 38.3 Å². The first kappa shape index (κ1) is 10.8. The molecule has 0 radical (unpaired) electrons. The zero-order chi connectivity index (χ0) is 11.5. The predicted molar refractivity (Wildman–Crippen MR) is 66.0 cm³/mol. The Kier molecular flexibility index (Phi) is 2.96. The van der Waals surface area contributed by atoms with Crippen LogP contribution in [0.4, 0.5) is 0 Å². The van der Waals surface area contributed by atoms with Gasteiger partial charge in [-0.3, -0.25) is 4.98 Å². The minimum absolute atomic E-state index is 0.362. The van der Waals surface area contributed by atoms with E-state index in [0.717, 1.165) is 5.56 Å². The van der Waals surface area contributed by atoms with Crippen LogP contribution in [-0.2, 0) is 0 Å². The molecule has 1 aromatic heterocycles. The minimum Gasteiger partial charge on any atom is -0.372 e. The summed E-state index contributed by atoms with van der Waals surface area (Å²) in [6, 6.07) is 5.14. The van der Waals surface area contributed by atoms with E-state index in [1.807, 2.05) is 12.2 Å². The van der Waals surface area contributed by atoms with Gasteiger partial charge in [0.25, 0.3) is 0 Å². The Morgan fingerprint density at radius 3 is 2.94 bits per heavy atom. The van der Waals surface area contributed by atoms with E-state index in [9.17, 15) is 9.59 Å². The second-order valence-corrected chi connectivity index (χ2v) is 3.56. The Morgan fingerprint density at radius 1 is 1.38 bits per heavy atom. The number of benzene rings is 1. The molecule has 0 aliphatic rings. The van der Waals surface area contributed by atoms with Crippen LogP contribution in [0.5, 0.6) is 0 Å². The van der Waals surface area contributed by atoms with Gasteiger partial charge < -0.3 is 4.42 Å². The van der Waals surface area contributed by atoms with Crippen molar-refractivity contribution in [3.05, 3.63) is 50.8 Å². The number of aromatic nitrogens is 1. The first-order valence-electron chi connectivity index (χ1n) is 4.65. The first-order chi connectivity index (χ1) is 7.70. The molecule has 0 unspecified atom stereocenters. The Bertz CT molecular complexity index is 654. The molecule has 0 spiro atoms. The maximum atomic E-state index is 11.4. The number of hydrogen-bond acceptors (Lipinski definition) is 4. The quantitative estimate of drug-likeness (QED) is 0.774. The van der Waals surface area contributed by atoms with Gasteiger partial charge in [0.05, 0.1) is 10.9 Å². The minimum atomic E-state index is -0.740. The Hall–Kier alpha value is -1.75. The highest BCUT2D eigenvalue weighted by molar-refractivity contribution is 7.80. The molecule has 1 aromatic carbocycles. The predicted octanol–water partition coefficient (Wildman–Crippen LogP) is 1.42. The van der Waals surface area contributed by atoms with E-state index in [2.05, 4.69) is 22.0 Å². The molecule has 1 heterocycles. The summed E-state index contributed by atoms with van der Waals surface area (Å²) in [5.74, 6) is -0.116. The van der Waals surface area contributed by atoms with Crippen LogP contribution < -0.4 is 11.4 Å². The highest BCUT2D eigenvalue weighted by atomic mass is 32.1. The number of thiol groups is 1.